The van der Waals surface area contributed by atoms with Gasteiger partial charge in [-0.05, 0) is 44.9 Å². The molecule has 0 aliphatic heterocycles. The van der Waals surface area contributed by atoms with E-state index in [4.69, 9.17) is 4.74 Å². The highest BCUT2D eigenvalue weighted by atomic mass is 16.5. The number of hydrogen-bond donors (Lipinski definition) is 0. The molecule has 0 atom stereocenters. The Labute approximate surface area is 108 Å². The SMILES string of the molecule is CC(C)CCCOC(C)(C)CC1CCCCC1. The van der Waals surface area contributed by atoms with Gasteiger partial charge in [-0.3, -0.25) is 0 Å². The maximum atomic E-state index is 6.08. The van der Waals surface area contributed by atoms with Crippen molar-refractivity contribution >= 4 is 0 Å². The third-order valence-electron chi connectivity index (χ3n) is 3.92. The van der Waals surface area contributed by atoms with Crippen LogP contribution in [-0.4, -0.2) is 12.2 Å². The molecule has 0 amide bonds. The van der Waals surface area contributed by atoms with E-state index in [0.717, 1.165) is 18.4 Å². The molecule has 0 aromatic rings. The smallest absolute Gasteiger partial charge is 0.0629 e. The molecular weight excluding hydrogens is 208 g/mol. The lowest BCUT2D eigenvalue weighted by atomic mass is 9.82. The summed E-state index contributed by atoms with van der Waals surface area (Å²) in [4.78, 5) is 0. The first-order chi connectivity index (χ1) is 7.99. The largest absolute Gasteiger partial charge is 0.376 e. The fourth-order valence-corrected chi connectivity index (χ4v) is 2.99. The molecule has 1 rings (SSSR count). The quantitative estimate of drug-likeness (QED) is 0.557. The summed E-state index contributed by atoms with van der Waals surface area (Å²) < 4.78 is 6.08. The highest BCUT2D eigenvalue weighted by molar-refractivity contribution is 4.76. The minimum Gasteiger partial charge on any atom is -0.376 e. The summed E-state index contributed by atoms with van der Waals surface area (Å²) in [5.74, 6) is 1.73. The highest BCUT2D eigenvalue weighted by Crippen LogP contribution is 2.32. The van der Waals surface area contributed by atoms with E-state index in [1.165, 1.54) is 51.4 Å². The van der Waals surface area contributed by atoms with Crippen molar-refractivity contribution in [3.8, 4) is 0 Å². The van der Waals surface area contributed by atoms with E-state index in [1.807, 2.05) is 0 Å². The minimum atomic E-state index is 0.0962. The summed E-state index contributed by atoms with van der Waals surface area (Å²) >= 11 is 0. The van der Waals surface area contributed by atoms with Crippen LogP contribution in [0.1, 0.15) is 79.1 Å². The Bertz CT molecular complexity index is 190. The lowest BCUT2D eigenvalue weighted by Crippen LogP contribution is -2.29. The molecule has 0 aromatic heterocycles. The second-order valence-corrected chi connectivity index (χ2v) is 6.85. The molecule has 0 bridgehead atoms. The van der Waals surface area contributed by atoms with Gasteiger partial charge in [0.25, 0.3) is 0 Å². The Balaban J connectivity index is 2.15. The highest BCUT2D eigenvalue weighted by Gasteiger charge is 2.25. The summed E-state index contributed by atoms with van der Waals surface area (Å²) in [6.07, 6.45) is 11.0. The summed E-state index contributed by atoms with van der Waals surface area (Å²) in [6.45, 7) is 10.1. The molecule has 17 heavy (non-hydrogen) atoms. The molecule has 0 saturated heterocycles. The molecule has 102 valence electrons. The van der Waals surface area contributed by atoms with Gasteiger partial charge in [-0.1, -0.05) is 46.0 Å². The molecule has 1 aliphatic carbocycles. The topological polar surface area (TPSA) is 9.23 Å². The molecular formula is C16H32O. The van der Waals surface area contributed by atoms with Gasteiger partial charge in [0.15, 0.2) is 0 Å². The maximum Gasteiger partial charge on any atom is 0.0629 e. The van der Waals surface area contributed by atoms with E-state index in [9.17, 15) is 0 Å². The Hall–Kier alpha value is -0.0400. The fourth-order valence-electron chi connectivity index (χ4n) is 2.99. The van der Waals surface area contributed by atoms with Gasteiger partial charge >= 0.3 is 0 Å². The Morgan fingerprint density at radius 3 is 2.35 bits per heavy atom. The van der Waals surface area contributed by atoms with Gasteiger partial charge in [-0.15, -0.1) is 0 Å². The second kappa shape index (κ2) is 7.41. The van der Waals surface area contributed by atoms with Crippen LogP contribution >= 0.6 is 0 Å². The average Bonchev–Trinajstić information content (AvgIpc) is 2.25. The first-order valence-electron chi connectivity index (χ1n) is 7.63. The molecule has 1 heteroatoms. The third kappa shape index (κ3) is 7.08. The van der Waals surface area contributed by atoms with E-state index in [1.54, 1.807) is 0 Å². The average molecular weight is 240 g/mol. The summed E-state index contributed by atoms with van der Waals surface area (Å²) in [6, 6.07) is 0. The van der Waals surface area contributed by atoms with Crippen LogP contribution in [0.3, 0.4) is 0 Å². The minimum absolute atomic E-state index is 0.0962. The lowest BCUT2D eigenvalue weighted by Gasteiger charge is -2.32. The Kier molecular flexibility index (Phi) is 6.54. The van der Waals surface area contributed by atoms with E-state index in [0.29, 0.717) is 0 Å². The second-order valence-electron chi connectivity index (χ2n) is 6.85. The first-order valence-corrected chi connectivity index (χ1v) is 7.63. The van der Waals surface area contributed by atoms with Crippen LogP contribution in [0.5, 0.6) is 0 Å². The number of rotatable bonds is 7. The van der Waals surface area contributed by atoms with Gasteiger partial charge in [0, 0.05) is 6.61 Å². The third-order valence-corrected chi connectivity index (χ3v) is 3.92. The van der Waals surface area contributed by atoms with Crippen molar-refractivity contribution < 1.29 is 4.74 Å². The van der Waals surface area contributed by atoms with Gasteiger partial charge in [0.2, 0.25) is 0 Å². The molecule has 0 heterocycles. The molecule has 0 unspecified atom stereocenters. The summed E-state index contributed by atoms with van der Waals surface area (Å²) in [5, 5.41) is 0. The molecule has 1 aliphatic rings. The van der Waals surface area contributed by atoms with Crippen LogP contribution in [0.2, 0.25) is 0 Å². The number of ether oxygens (including phenoxy) is 1. The zero-order valence-electron chi connectivity index (χ0n) is 12.4. The van der Waals surface area contributed by atoms with Crippen LogP contribution in [0.15, 0.2) is 0 Å². The molecule has 0 N–H and O–H groups in total. The van der Waals surface area contributed by atoms with Crippen molar-refractivity contribution in [3.05, 3.63) is 0 Å². The van der Waals surface area contributed by atoms with Crippen molar-refractivity contribution in [2.45, 2.75) is 84.7 Å². The van der Waals surface area contributed by atoms with E-state index >= 15 is 0 Å². The predicted octanol–water partition coefficient (Wildman–Crippen LogP) is 5.19. The van der Waals surface area contributed by atoms with Crippen molar-refractivity contribution in [2.75, 3.05) is 6.61 Å². The van der Waals surface area contributed by atoms with E-state index in [2.05, 4.69) is 27.7 Å². The molecule has 1 fully saturated rings. The van der Waals surface area contributed by atoms with Gasteiger partial charge in [0.05, 0.1) is 5.60 Å². The number of hydrogen-bond acceptors (Lipinski definition) is 1. The molecule has 1 saturated carbocycles. The van der Waals surface area contributed by atoms with Gasteiger partial charge in [-0.2, -0.15) is 0 Å². The Morgan fingerprint density at radius 1 is 1.12 bits per heavy atom. The van der Waals surface area contributed by atoms with Crippen LogP contribution in [0, 0.1) is 11.8 Å². The molecule has 0 radical (unpaired) electrons. The molecule has 0 spiro atoms. The summed E-state index contributed by atoms with van der Waals surface area (Å²) in [7, 11) is 0. The van der Waals surface area contributed by atoms with Crippen molar-refractivity contribution in [1.82, 2.24) is 0 Å². The Morgan fingerprint density at radius 2 is 1.76 bits per heavy atom. The van der Waals surface area contributed by atoms with Gasteiger partial charge < -0.3 is 4.74 Å². The standard InChI is InChI=1S/C16H32O/c1-14(2)9-8-12-17-16(3,4)13-15-10-6-5-7-11-15/h14-15H,5-13H2,1-4H3. The van der Waals surface area contributed by atoms with Crippen molar-refractivity contribution in [2.24, 2.45) is 11.8 Å². The monoisotopic (exact) mass is 240 g/mol. The van der Waals surface area contributed by atoms with Crippen LogP contribution in [-0.2, 0) is 4.74 Å². The maximum absolute atomic E-state index is 6.08. The predicted molar refractivity (Wildman–Crippen MR) is 75.3 cm³/mol. The molecule has 0 aromatic carbocycles. The van der Waals surface area contributed by atoms with Crippen LogP contribution in [0.4, 0.5) is 0 Å². The first kappa shape index (κ1) is 15.0. The fraction of sp³-hybridized carbons (Fsp3) is 1.00. The van der Waals surface area contributed by atoms with Crippen LogP contribution in [0.25, 0.3) is 0 Å². The van der Waals surface area contributed by atoms with E-state index in [-0.39, 0.29) is 5.60 Å². The summed E-state index contributed by atoms with van der Waals surface area (Å²) in [5.41, 5.74) is 0.0962. The van der Waals surface area contributed by atoms with E-state index < -0.39 is 0 Å². The van der Waals surface area contributed by atoms with Crippen LogP contribution < -0.4 is 0 Å². The van der Waals surface area contributed by atoms with Gasteiger partial charge in [0.1, 0.15) is 0 Å². The lowest BCUT2D eigenvalue weighted by molar-refractivity contribution is -0.0393. The van der Waals surface area contributed by atoms with Crippen molar-refractivity contribution in [1.29, 1.82) is 0 Å². The van der Waals surface area contributed by atoms with Gasteiger partial charge in [-0.25, -0.2) is 0 Å². The zero-order chi connectivity index (χ0) is 12.7. The van der Waals surface area contributed by atoms with Crippen molar-refractivity contribution in [3.63, 3.8) is 0 Å². The normalized spacial score (nSPS) is 18.9. The zero-order valence-corrected chi connectivity index (χ0v) is 12.4. The molecule has 1 nitrogen and oxygen atoms in total.